The monoisotopic (exact) mass is 274 g/mol. The van der Waals surface area contributed by atoms with Gasteiger partial charge in [-0.25, -0.2) is 0 Å². The molecule has 0 aliphatic rings. The summed E-state index contributed by atoms with van der Waals surface area (Å²) in [6, 6.07) is 0. The maximum Gasteiger partial charge on any atom is 0.160 e. The van der Waals surface area contributed by atoms with Crippen LogP contribution in [0.1, 0.15) is 47.0 Å². The Morgan fingerprint density at radius 1 is 0.842 bits per heavy atom. The van der Waals surface area contributed by atoms with Gasteiger partial charge in [0, 0.05) is 19.1 Å². The second-order valence-corrected chi connectivity index (χ2v) is 5.27. The van der Waals surface area contributed by atoms with E-state index in [-0.39, 0.29) is 18.3 Å². The molecule has 19 heavy (non-hydrogen) atoms. The SMILES string of the molecule is CC(C)OCCCCCOCCOCC(=O)C(C)C. The highest BCUT2D eigenvalue weighted by molar-refractivity contribution is 5.81. The smallest absolute Gasteiger partial charge is 0.160 e. The van der Waals surface area contributed by atoms with Crippen molar-refractivity contribution >= 4 is 5.78 Å². The van der Waals surface area contributed by atoms with Crippen molar-refractivity contribution in [3.8, 4) is 0 Å². The van der Waals surface area contributed by atoms with E-state index in [0.29, 0.717) is 19.3 Å². The minimum Gasteiger partial charge on any atom is -0.379 e. The molecular weight excluding hydrogens is 244 g/mol. The van der Waals surface area contributed by atoms with Crippen molar-refractivity contribution in [1.82, 2.24) is 0 Å². The number of carbonyl (C=O) groups is 1. The van der Waals surface area contributed by atoms with E-state index in [1.165, 1.54) is 0 Å². The third kappa shape index (κ3) is 13.8. The van der Waals surface area contributed by atoms with Crippen LogP contribution in [0.3, 0.4) is 0 Å². The van der Waals surface area contributed by atoms with Gasteiger partial charge in [-0.2, -0.15) is 0 Å². The number of rotatable bonds is 13. The topological polar surface area (TPSA) is 44.8 Å². The fourth-order valence-corrected chi connectivity index (χ4v) is 1.36. The molecule has 0 saturated carbocycles. The zero-order valence-electron chi connectivity index (χ0n) is 12.9. The first kappa shape index (κ1) is 18.6. The molecule has 0 radical (unpaired) electrons. The van der Waals surface area contributed by atoms with Gasteiger partial charge in [0.15, 0.2) is 5.78 Å². The Labute approximate surface area is 117 Å². The third-order valence-electron chi connectivity index (χ3n) is 2.64. The zero-order valence-corrected chi connectivity index (χ0v) is 12.9. The van der Waals surface area contributed by atoms with E-state index in [1.54, 1.807) is 0 Å². The van der Waals surface area contributed by atoms with Crippen LogP contribution in [0.2, 0.25) is 0 Å². The highest BCUT2D eigenvalue weighted by Gasteiger charge is 2.06. The van der Waals surface area contributed by atoms with Crippen molar-refractivity contribution in [2.45, 2.75) is 53.1 Å². The summed E-state index contributed by atoms with van der Waals surface area (Å²) < 4.78 is 16.1. The van der Waals surface area contributed by atoms with E-state index in [1.807, 2.05) is 27.7 Å². The number of hydrogen-bond acceptors (Lipinski definition) is 4. The summed E-state index contributed by atoms with van der Waals surface area (Å²) in [6.07, 6.45) is 3.58. The van der Waals surface area contributed by atoms with Gasteiger partial charge in [-0.05, 0) is 33.1 Å². The van der Waals surface area contributed by atoms with Crippen molar-refractivity contribution in [2.75, 3.05) is 33.0 Å². The van der Waals surface area contributed by atoms with Gasteiger partial charge in [-0.3, -0.25) is 4.79 Å². The second-order valence-electron chi connectivity index (χ2n) is 5.27. The van der Waals surface area contributed by atoms with Gasteiger partial charge >= 0.3 is 0 Å². The number of ketones is 1. The van der Waals surface area contributed by atoms with Crippen molar-refractivity contribution in [3.05, 3.63) is 0 Å². The molecule has 0 aliphatic heterocycles. The van der Waals surface area contributed by atoms with Gasteiger partial charge in [0.05, 0.1) is 19.3 Å². The van der Waals surface area contributed by atoms with E-state index in [0.717, 1.165) is 32.5 Å². The van der Waals surface area contributed by atoms with Crippen LogP contribution >= 0.6 is 0 Å². The normalized spacial score (nSPS) is 11.5. The minimum absolute atomic E-state index is 0.0500. The lowest BCUT2D eigenvalue weighted by Crippen LogP contribution is -2.17. The molecule has 0 aromatic rings. The Kier molecular flexibility index (Phi) is 12.3. The molecule has 0 rings (SSSR count). The highest BCUT2D eigenvalue weighted by Crippen LogP contribution is 1.99. The Balaban J connectivity index is 3.09. The van der Waals surface area contributed by atoms with Gasteiger partial charge < -0.3 is 14.2 Å². The van der Waals surface area contributed by atoms with Crippen LogP contribution in [0, 0.1) is 5.92 Å². The summed E-state index contributed by atoms with van der Waals surface area (Å²) in [7, 11) is 0. The lowest BCUT2D eigenvalue weighted by molar-refractivity contribution is -0.127. The van der Waals surface area contributed by atoms with Gasteiger partial charge in [0.2, 0.25) is 0 Å². The molecule has 4 nitrogen and oxygen atoms in total. The fourth-order valence-electron chi connectivity index (χ4n) is 1.36. The predicted molar refractivity (Wildman–Crippen MR) is 76.4 cm³/mol. The van der Waals surface area contributed by atoms with Crippen molar-refractivity contribution in [3.63, 3.8) is 0 Å². The van der Waals surface area contributed by atoms with Crippen molar-refractivity contribution in [1.29, 1.82) is 0 Å². The minimum atomic E-state index is 0.0500. The van der Waals surface area contributed by atoms with Crippen molar-refractivity contribution in [2.24, 2.45) is 5.92 Å². The number of hydrogen-bond donors (Lipinski definition) is 0. The van der Waals surface area contributed by atoms with E-state index in [4.69, 9.17) is 14.2 Å². The number of carbonyl (C=O) groups excluding carboxylic acids is 1. The molecule has 0 fully saturated rings. The van der Waals surface area contributed by atoms with Crippen LogP contribution < -0.4 is 0 Å². The van der Waals surface area contributed by atoms with Crippen LogP contribution in [0.15, 0.2) is 0 Å². The molecule has 0 bridgehead atoms. The van der Waals surface area contributed by atoms with E-state index in [9.17, 15) is 4.79 Å². The number of unbranched alkanes of at least 4 members (excludes halogenated alkanes) is 2. The highest BCUT2D eigenvalue weighted by atomic mass is 16.5. The summed E-state index contributed by atoms with van der Waals surface area (Å²) in [5, 5.41) is 0. The Bertz CT molecular complexity index is 214. The van der Waals surface area contributed by atoms with E-state index < -0.39 is 0 Å². The van der Waals surface area contributed by atoms with E-state index >= 15 is 0 Å². The second kappa shape index (κ2) is 12.6. The van der Waals surface area contributed by atoms with Gasteiger partial charge in [0.25, 0.3) is 0 Å². The number of Topliss-reactive ketones (excluding diaryl/α,β-unsaturated/α-hetero) is 1. The summed E-state index contributed by atoms with van der Waals surface area (Å²) in [6.45, 7) is 10.7. The first-order valence-electron chi connectivity index (χ1n) is 7.33. The lowest BCUT2D eigenvalue weighted by atomic mass is 10.1. The van der Waals surface area contributed by atoms with Gasteiger partial charge in [-0.15, -0.1) is 0 Å². The third-order valence-corrected chi connectivity index (χ3v) is 2.64. The zero-order chi connectivity index (χ0) is 14.5. The Morgan fingerprint density at radius 3 is 2.11 bits per heavy atom. The number of ether oxygens (including phenoxy) is 3. The molecule has 0 aliphatic carbocycles. The van der Waals surface area contributed by atoms with Crippen LogP contribution in [-0.4, -0.2) is 44.9 Å². The molecule has 0 spiro atoms. The largest absolute Gasteiger partial charge is 0.379 e. The van der Waals surface area contributed by atoms with E-state index in [2.05, 4.69) is 0 Å². The Morgan fingerprint density at radius 2 is 1.47 bits per heavy atom. The maximum atomic E-state index is 11.2. The Hall–Kier alpha value is -0.450. The standard InChI is InChI=1S/C15H30O4/c1-13(2)15(16)12-18-11-10-17-8-6-5-7-9-19-14(3)4/h13-14H,5-12H2,1-4H3. The fraction of sp³-hybridized carbons (Fsp3) is 0.933. The molecule has 0 N–H and O–H groups in total. The van der Waals surface area contributed by atoms with Gasteiger partial charge in [0.1, 0.15) is 6.61 Å². The summed E-state index contributed by atoms with van der Waals surface area (Å²) in [5.41, 5.74) is 0. The first-order chi connectivity index (χ1) is 9.04. The summed E-state index contributed by atoms with van der Waals surface area (Å²) in [4.78, 5) is 11.2. The van der Waals surface area contributed by atoms with Crippen LogP contribution in [0.25, 0.3) is 0 Å². The first-order valence-corrected chi connectivity index (χ1v) is 7.33. The lowest BCUT2D eigenvalue weighted by Gasteiger charge is -2.08. The molecule has 0 unspecified atom stereocenters. The molecular formula is C15H30O4. The molecule has 0 atom stereocenters. The van der Waals surface area contributed by atoms with Crippen LogP contribution in [0.4, 0.5) is 0 Å². The quantitative estimate of drug-likeness (QED) is 0.484. The molecule has 0 amide bonds. The molecule has 0 aromatic carbocycles. The molecule has 0 saturated heterocycles. The molecule has 114 valence electrons. The van der Waals surface area contributed by atoms with Crippen molar-refractivity contribution < 1.29 is 19.0 Å². The molecule has 0 aromatic heterocycles. The maximum absolute atomic E-state index is 11.2. The van der Waals surface area contributed by atoms with Crippen LogP contribution in [-0.2, 0) is 19.0 Å². The van der Waals surface area contributed by atoms with Gasteiger partial charge in [-0.1, -0.05) is 13.8 Å². The van der Waals surface area contributed by atoms with Crippen LogP contribution in [0.5, 0.6) is 0 Å². The molecule has 4 heteroatoms. The summed E-state index contributed by atoms with van der Waals surface area (Å²) in [5.74, 6) is 0.194. The molecule has 0 heterocycles. The predicted octanol–water partition coefficient (Wildman–Crippen LogP) is 2.84. The average Bonchev–Trinajstić information content (AvgIpc) is 2.35. The summed E-state index contributed by atoms with van der Waals surface area (Å²) >= 11 is 0. The average molecular weight is 274 g/mol.